The van der Waals surface area contributed by atoms with E-state index >= 15 is 0 Å². The molecule has 1 saturated carbocycles. The molecule has 2 fully saturated rings. The summed E-state index contributed by atoms with van der Waals surface area (Å²) < 4.78 is 21.1. The zero-order valence-corrected chi connectivity index (χ0v) is 29.2. The van der Waals surface area contributed by atoms with Crippen molar-refractivity contribution in [1.29, 1.82) is 5.26 Å². The third-order valence-corrected chi connectivity index (χ3v) is 9.32. The van der Waals surface area contributed by atoms with Gasteiger partial charge in [-0.05, 0) is 95.0 Å². The van der Waals surface area contributed by atoms with Gasteiger partial charge in [-0.15, -0.1) is 15.0 Å². The number of nitrogens with one attached hydrogen (secondary N) is 2. The quantitative estimate of drug-likeness (QED) is 0.191. The average molecular weight is 696 g/mol. The summed E-state index contributed by atoms with van der Waals surface area (Å²) in [6, 6.07) is 11.0. The van der Waals surface area contributed by atoms with Crippen molar-refractivity contribution >= 4 is 23.6 Å². The number of anilines is 1. The SMILES string of the molecule is CCOC(=O)O[C@@H](C)n1nnc(COC[C@H](C)NC2CCC(Cc3cc(-c4cccc(NCC5(C#N)CCOCC5)n4)c(Cl)cn3)CC2)n1. The molecular weight excluding hydrogens is 650 g/mol. The summed E-state index contributed by atoms with van der Waals surface area (Å²) in [5, 5.41) is 29.6. The van der Waals surface area contributed by atoms with E-state index < -0.39 is 17.8 Å². The minimum atomic E-state index is -0.781. The maximum absolute atomic E-state index is 11.5. The number of carbonyl (C=O) groups is 1. The number of hydrogen-bond acceptors (Lipinski definition) is 13. The number of nitrogens with zero attached hydrogens (tertiary/aromatic N) is 7. The second-order valence-electron chi connectivity index (χ2n) is 12.9. The topological polar surface area (TPSA) is 171 Å². The number of tetrazole rings is 1. The number of ether oxygens (including phenoxy) is 4. The van der Waals surface area contributed by atoms with Crippen molar-refractivity contribution < 1.29 is 23.7 Å². The van der Waals surface area contributed by atoms with Crippen molar-refractivity contribution in [3.63, 3.8) is 0 Å². The Morgan fingerprint density at radius 3 is 2.78 bits per heavy atom. The molecule has 2 aliphatic rings. The van der Waals surface area contributed by atoms with Crippen LogP contribution >= 0.6 is 11.6 Å². The molecule has 3 aromatic rings. The summed E-state index contributed by atoms with van der Waals surface area (Å²) in [6.07, 6.45) is 6.88. The van der Waals surface area contributed by atoms with Gasteiger partial charge in [0.1, 0.15) is 12.4 Å². The first-order valence-electron chi connectivity index (χ1n) is 17.1. The van der Waals surface area contributed by atoms with Gasteiger partial charge in [0.25, 0.3) is 0 Å². The molecule has 0 unspecified atom stereocenters. The van der Waals surface area contributed by atoms with E-state index in [0.29, 0.717) is 62.0 Å². The molecule has 0 radical (unpaired) electrons. The lowest BCUT2D eigenvalue weighted by molar-refractivity contribution is -0.00552. The highest BCUT2D eigenvalue weighted by molar-refractivity contribution is 6.33. The van der Waals surface area contributed by atoms with Crippen molar-refractivity contribution in [3.05, 3.63) is 47.0 Å². The molecule has 2 N–H and O–H groups in total. The largest absolute Gasteiger partial charge is 0.510 e. The molecule has 4 heterocycles. The highest BCUT2D eigenvalue weighted by Crippen LogP contribution is 2.33. The Morgan fingerprint density at radius 1 is 1.22 bits per heavy atom. The molecule has 5 rings (SSSR count). The van der Waals surface area contributed by atoms with Crippen molar-refractivity contribution in [1.82, 2.24) is 35.5 Å². The van der Waals surface area contributed by atoms with Gasteiger partial charge in [0, 0.05) is 49.3 Å². The second-order valence-corrected chi connectivity index (χ2v) is 13.3. The summed E-state index contributed by atoms with van der Waals surface area (Å²) in [5.74, 6) is 1.67. The predicted molar refractivity (Wildman–Crippen MR) is 181 cm³/mol. The van der Waals surface area contributed by atoms with Crippen LogP contribution in [0.25, 0.3) is 11.3 Å². The molecule has 1 saturated heterocycles. The highest BCUT2D eigenvalue weighted by atomic mass is 35.5. The van der Waals surface area contributed by atoms with Crippen molar-refractivity contribution in [2.75, 3.05) is 38.3 Å². The molecule has 0 aromatic carbocycles. The lowest BCUT2D eigenvalue weighted by atomic mass is 9.82. The van der Waals surface area contributed by atoms with Gasteiger partial charge in [-0.2, -0.15) is 5.26 Å². The Balaban J connectivity index is 1.04. The first-order chi connectivity index (χ1) is 23.8. The van der Waals surface area contributed by atoms with Crippen LogP contribution in [-0.4, -0.2) is 81.4 Å². The number of hydrogen-bond donors (Lipinski definition) is 2. The normalized spacial score (nSPS) is 20.1. The lowest BCUT2D eigenvalue weighted by Gasteiger charge is -2.31. The minimum absolute atomic E-state index is 0.156. The Morgan fingerprint density at radius 2 is 2.02 bits per heavy atom. The van der Waals surface area contributed by atoms with Crippen molar-refractivity contribution in [2.24, 2.45) is 11.3 Å². The number of pyridine rings is 2. The van der Waals surface area contributed by atoms with Gasteiger partial charge in [-0.25, -0.2) is 9.78 Å². The Kier molecular flexibility index (Phi) is 13.1. The van der Waals surface area contributed by atoms with Crippen LogP contribution in [0, 0.1) is 22.7 Å². The molecule has 49 heavy (non-hydrogen) atoms. The van der Waals surface area contributed by atoms with E-state index in [9.17, 15) is 10.1 Å². The third-order valence-electron chi connectivity index (χ3n) is 9.02. The summed E-state index contributed by atoms with van der Waals surface area (Å²) in [7, 11) is 0. The molecule has 3 aromatic heterocycles. The van der Waals surface area contributed by atoms with E-state index in [1.54, 1.807) is 20.0 Å². The first-order valence-corrected chi connectivity index (χ1v) is 17.4. The highest BCUT2D eigenvalue weighted by Gasteiger charge is 2.32. The summed E-state index contributed by atoms with van der Waals surface area (Å²) >= 11 is 6.62. The van der Waals surface area contributed by atoms with Crippen LogP contribution < -0.4 is 10.6 Å². The van der Waals surface area contributed by atoms with Gasteiger partial charge in [0.15, 0.2) is 0 Å². The zero-order valence-electron chi connectivity index (χ0n) is 28.4. The number of halogens is 1. The van der Waals surface area contributed by atoms with Gasteiger partial charge in [-0.1, -0.05) is 17.7 Å². The van der Waals surface area contributed by atoms with Crippen LogP contribution in [0.4, 0.5) is 10.6 Å². The molecule has 15 heteroatoms. The Bertz CT molecular complexity index is 1550. The van der Waals surface area contributed by atoms with Gasteiger partial charge in [0.05, 0.1) is 35.4 Å². The monoisotopic (exact) mass is 695 g/mol. The number of rotatable bonds is 15. The average Bonchev–Trinajstić information content (AvgIpc) is 3.59. The van der Waals surface area contributed by atoms with Crippen LogP contribution in [0.15, 0.2) is 30.5 Å². The van der Waals surface area contributed by atoms with Crippen LogP contribution in [0.5, 0.6) is 0 Å². The number of carbonyl (C=O) groups excluding carboxylic acids is 1. The molecular formula is C34H46ClN9O5. The van der Waals surface area contributed by atoms with E-state index in [4.69, 9.17) is 35.5 Å². The molecule has 0 amide bonds. The minimum Gasteiger partial charge on any atom is -0.435 e. The van der Waals surface area contributed by atoms with Gasteiger partial charge in [0.2, 0.25) is 12.1 Å². The summed E-state index contributed by atoms with van der Waals surface area (Å²) in [4.78, 5) is 22.2. The third kappa shape index (κ3) is 10.5. The van der Waals surface area contributed by atoms with Crippen LogP contribution in [0.3, 0.4) is 0 Å². The van der Waals surface area contributed by atoms with Crippen LogP contribution in [0.2, 0.25) is 5.02 Å². The number of aromatic nitrogens is 6. The van der Waals surface area contributed by atoms with Gasteiger partial charge in [-0.3, -0.25) is 4.98 Å². The van der Waals surface area contributed by atoms with Crippen LogP contribution in [0.1, 0.15) is 77.0 Å². The molecule has 14 nitrogen and oxygen atoms in total. The van der Waals surface area contributed by atoms with Crippen molar-refractivity contribution in [2.45, 2.75) is 90.6 Å². The zero-order chi connectivity index (χ0) is 34.6. The molecule has 2 atom stereocenters. The fourth-order valence-corrected chi connectivity index (χ4v) is 6.44. The van der Waals surface area contributed by atoms with Crippen molar-refractivity contribution in [3.8, 4) is 17.3 Å². The van der Waals surface area contributed by atoms with E-state index in [1.807, 2.05) is 18.2 Å². The second kappa shape index (κ2) is 17.7. The summed E-state index contributed by atoms with van der Waals surface area (Å²) in [6.45, 7) is 8.11. The summed E-state index contributed by atoms with van der Waals surface area (Å²) in [5.41, 5.74) is 2.20. The van der Waals surface area contributed by atoms with E-state index in [2.05, 4.69) is 50.1 Å². The lowest BCUT2D eigenvalue weighted by Crippen LogP contribution is -2.41. The molecule has 0 bridgehead atoms. The smallest absolute Gasteiger partial charge is 0.435 e. The maximum atomic E-state index is 11.5. The Labute approximate surface area is 292 Å². The molecule has 1 aliphatic heterocycles. The standard InChI is InChI=1S/C34H46ClN9O5/c1-4-48-33(45)49-24(3)44-42-32(41-43-44)20-47-19-23(2)39-26-10-8-25(9-11-26)16-27-17-28(29(35)18-37-27)30-6-5-7-31(40-30)38-22-34(21-36)12-14-46-15-13-34/h5-7,17-18,23-26,39H,4,8-16,19-20,22H2,1-3H3,(H,38,40)/t23-,24-,25?,26?/m0/s1. The molecule has 264 valence electrons. The molecule has 1 aliphatic carbocycles. The number of nitriles is 1. The Hall–Kier alpha value is -3.90. The van der Waals surface area contributed by atoms with E-state index in [0.717, 1.165) is 54.9 Å². The van der Waals surface area contributed by atoms with Gasteiger partial charge >= 0.3 is 6.16 Å². The fourth-order valence-electron chi connectivity index (χ4n) is 6.24. The van der Waals surface area contributed by atoms with Gasteiger partial charge < -0.3 is 29.6 Å². The maximum Gasteiger partial charge on any atom is 0.510 e. The first kappa shape index (κ1) is 36.4. The predicted octanol–water partition coefficient (Wildman–Crippen LogP) is 5.50. The van der Waals surface area contributed by atoms with Crippen LogP contribution in [-0.2, 0) is 32.0 Å². The van der Waals surface area contributed by atoms with E-state index in [1.165, 1.54) is 4.80 Å². The molecule has 0 spiro atoms. The fraction of sp³-hybridized carbons (Fsp3) is 0.618. The van der Waals surface area contributed by atoms with E-state index in [-0.39, 0.29) is 19.3 Å².